The number of hydrogen-bond donors (Lipinski definition) is 0. The molecule has 0 unspecified atom stereocenters. The molecule has 1 atom stereocenters. The van der Waals surface area contributed by atoms with E-state index in [1.807, 2.05) is 0 Å². The topological polar surface area (TPSA) is 62.7 Å². The Balaban J connectivity index is 1.61. The fourth-order valence-corrected chi connectivity index (χ4v) is 3.76. The van der Waals surface area contributed by atoms with Crippen molar-refractivity contribution in [3.05, 3.63) is 58.5 Å². The number of aromatic nitrogens is 1. The summed E-state index contributed by atoms with van der Waals surface area (Å²) < 4.78 is 57.9. The Bertz CT molecular complexity index is 1010. The number of halogens is 5. The second-order valence-electron chi connectivity index (χ2n) is 7.34. The number of hydrogen-bond acceptors (Lipinski definition) is 4. The normalized spacial score (nSPS) is 20.2. The van der Waals surface area contributed by atoms with E-state index >= 15 is 0 Å². The molecular weight excluding hydrogens is 442 g/mol. The van der Waals surface area contributed by atoms with Crippen molar-refractivity contribution in [2.75, 3.05) is 24.7 Å². The average molecular weight is 458 g/mol. The first-order valence-corrected chi connectivity index (χ1v) is 9.68. The first kappa shape index (κ1) is 21.5. The Morgan fingerprint density at radius 2 is 1.84 bits per heavy atom. The van der Waals surface area contributed by atoms with E-state index in [2.05, 4.69) is 4.98 Å². The molecule has 31 heavy (non-hydrogen) atoms. The highest BCUT2D eigenvalue weighted by molar-refractivity contribution is 6.30. The van der Waals surface area contributed by atoms with Gasteiger partial charge in [-0.05, 0) is 23.8 Å². The number of piperazine rings is 1. The van der Waals surface area contributed by atoms with Gasteiger partial charge in [0.1, 0.15) is 12.6 Å². The van der Waals surface area contributed by atoms with Crippen molar-refractivity contribution in [2.45, 2.75) is 18.8 Å². The lowest BCUT2D eigenvalue weighted by molar-refractivity contribution is -0.155. The van der Waals surface area contributed by atoms with E-state index < -0.39 is 42.0 Å². The molecular formula is C20H16ClF4N3O3. The third-order valence-electron chi connectivity index (χ3n) is 5.26. The third-order valence-corrected chi connectivity index (χ3v) is 5.46. The molecule has 0 spiro atoms. The van der Waals surface area contributed by atoms with Crippen LogP contribution in [0.15, 0.2) is 36.5 Å². The summed E-state index contributed by atoms with van der Waals surface area (Å²) in [5.74, 6) is -2.47. The lowest BCUT2D eigenvalue weighted by Gasteiger charge is -2.45. The van der Waals surface area contributed by atoms with Gasteiger partial charge in [0.05, 0.1) is 23.8 Å². The minimum Gasteiger partial charge on any atom is -0.380 e. The lowest BCUT2D eigenvalue weighted by Crippen LogP contribution is -2.65. The molecule has 164 valence electrons. The van der Waals surface area contributed by atoms with Crippen molar-refractivity contribution in [2.24, 2.45) is 5.92 Å². The van der Waals surface area contributed by atoms with Gasteiger partial charge in [-0.15, -0.1) is 0 Å². The molecule has 2 aliphatic rings. The van der Waals surface area contributed by atoms with Crippen LogP contribution in [0.4, 0.5) is 23.4 Å². The molecule has 2 fully saturated rings. The molecule has 0 radical (unpaired) electrons. The van der Waals surface area contributed by atoms with E-state index in [-0.39, 0.29) is 36.5 Å². The zero-order valence-corrected chi connectivity index (χ0v) is 16.7. The summed E-state index contributed by atoms with van der Waals surface area (Å²) in [6.07, 6.45) is -3.30. The minimum absolute atomic E-state index is 0.0462. The van der Waals surface area contributed by atoms with E-state index in [1.165, 1.54) is 23.2 Å². The van der Waals surface area contributed by atoms with Crippen LogP contribution in [0.2, 0.25) is 5.02 Å². The lowest BCUT2D eigenvalue weighted by atomic mass is 9.92. The van der Waals surface area contributed by atoms with Crippen molar-refractivity contribution >= 4 is 29.2 Å². The number of amides is 2. The Hall–Kier alpha value is -2.72. The minimum atomic E-state index is -4.47. The van der Waals surface area contributed by atoms with E-state index in [4.69, 9.17) is 16.3 Å². The molecule has 0 bridgehead atoms. The van der Waals surface area contributed by atoms with E-state index in [0.717, 1.165) is 23.1 Å². The van der Waals surface area contributed by atoms with Gasteiger partial charge in [0.25, 0.3) is 5.91 Å². The zero-order chi connectivity index (χ0) is 22.3. The molecule has 2 aliphatic heterocycles. The summed E-state index contributed by atoms with van der Waals surface area (Å²) in [6.45, 7) is -0.0432. The number of rotatable bonds is 4. The fourth-order valence-electron chi connectivity index (χ4n) is 3.61. The van der Waals surface area contributed by atoms with Crippen molar-refractivity contribution in [3.8, 4) is 0 Å². The Morgan fingerprint density at radius 1 is 1.16 bits per heavy atom. The van der Waals surface area contributed by atoms with Gasteiger partial charge in [-0.1, -0.05) is 23.7 Å². The molecule has 0 N–H and O–H groups in total. The Labute approximate surface area is 179 Å². The predicted molar refractivity (Wildman–Crippen MR) is 102 cm³/mol. The van der Waals surface area contributed by atoms with Crippen LogP contribution in [0.25, 0.3) is 0 Å². The Kier molecular flexibility index (Phi) is 5.61. The molecule has 0 saturated carbocycles. The SMILES string of the molecule is O=C1[C@@H](C2COC2)N(Cc2ccc(C(F)(F)F)cc2)C(=O)CN1c1ncc(Cl)cc1F. The van der Waals surface area contributed by atoms with Crippen LogP contribution in [-0.2, 0) is 27.0 Å². The van der Waals surface area contributed by atoms with Crippen LogP contribution in [0.3, 0.4) is 0 Å². The summed E-state index contributed by atoms with van der Waals surface area (Å²) in [5.41, 5.74) is -0.375. The van der Waals surface area contributed by atoms with Crippen LogP contribution in [0, 0.1) is 11.7 Å². The van der Waals surface area contributed by atoms with Crippen LogP contribution in [0.5, 0.6) is 0 Å². The summed E-state index contributed by atoms with van der Waals surface area (Å²) in [5, 5.41) is 0.0462. The van der Waals surface area contributed by atoms with Crippen molar-refractivity contribution in [1.82, 2.24) is 9.88 Å². The highest BCUT2D eigenvalue weighted by atomic mass is 35.5. The van der Waals surface area contributed by atoms with Crippen LogP contribution in [0.1, 0.15) is 11.1 Å². The van der Waals surface area contributed by atoms with Gasteiger partial charge in [0, 0.05) is 18.7 Å². The van der Waals surface area contributed by atoms with Crippen LogP contribution >= 0.6 is 11.6 Å². The zero-order valence-electron chi connectivity index (χ0n) is 15.9. The summed E-state index contributed by atoms with van der Waals surface area (Å²) in [6, 6.07) is 4.42. The number of carbonyl (C=O) groups is 2. The molecule has 2 amide bonds. The third kappa shape index (κ3) is 4.22. The summed E-state index contributed by atoms with van der Waals surface area (Å²) in [7, 11) is 0. The van der Waals surface area contributed by atoms with Crippen LogP contribution in [-0.4, -0.2) is 47.5 Å². The average Bonchev–Trinajstić information content (AvgIpc) is 2.66. The highest BCUT2D eigenvalue weighted by Crippen LogP contribution is 2.32. The number of anilines is 1. The largest absolute Gasteiger partial charge is 0.416 e. The van der Waals surface area contributed by atoms with Crippen molar-refractivity contribution < 1.29 is 31.9 Å². The highest BCUT2D eigenvalue weighted by Gasteiger charge is 2.47. The van der Waals surface area contributed by atoms with Crippen LogP contribution < -0.4 is 4.90 Å². The van der Waals surface area contributed by atoms with Gasteiger partial charge in [-0.25, -0.2) is 9.37 Å². The van der Waals surface area contributed by atoms with Gasteiger partial charge < -0.3 is 9.64 Å². The van der Waals surface area contributed by atoms with Gasteiger partial charge in [0.2, 0.25) is 5.91 Å². The molecule has 2 aromatic rings. The number of pyridine rings is 1. The summed E-state index contributed by atoms with van der Waals surface area (Å²) in [4.78, 5) is 32.3. The van der Waals surface area contributed by atoms with Crippen molar-refractivity contribution in [3.63, 3.8) is 0 Å². The molecule has 6 nitrogen and oxygen atoms in total. The van der Waals surface area contributed by atoms with E-state index in [0.29, 0.717) is 5.56 Å². The molecule has 3 heterocycles. The molecule has 1 aromatic carbocycles. The number of carbonyl (C=O) groups excluding carboxylic acids is 2. The van der Waals surface area contributed by atoms with E-state index in [9.17, 15) is 27.2 Å². The maximum Gasteiger partial charge on any atom is 0.416 e. The smallest absolute Gasteiger partial charge is 0.380 e. The molecule has 2 saturated heterocycles. The van der Waals surface area contributed by atoms with E-state index in [1.54, 1.807) is 0 Å². The molecule has 4 rings (SSSR count). The number of nitrogens with zero attached hydrogens (tertiary/aromatic N) is 3. The maximum atomic E-state index is 14.4. The molecule has 1 aromatic heterocycles. The summed E-state index contributed by atoms with van der Waals surface area (Å²) >= 11 is 5.72. The Morgan fingerprint density at radius 3 is 2.39 bits per heavy atom. The second-order valence-corrected chi connectivity index (χ2v) is 7.78. The van der Waals surface area contributed by atoms with Crippen molar-refractivity contribution in [1.29, 1.82) is 0 Å². The monoisotopic (exact) mass is 457 g/mol. The number of ether oxygens (including phenoxy) is 1. The number of benzene rings is 1. The quantitative estimate of drug-likeness (QED) is 0.661. The fraction of sp³-hybridized carbons (Fsp3) is 0.350. The molecule has 11 heteroatoms. The van der Waals surface area contributed by atoms with Gasteiger partial charge in [-0.2, -0.15) is 13.2 Å². The predicted octanol–water partition coefficient (Wildman–Crippen LogP) is 3.28. The first-order chi connectivity index (χ1) is 14.6. The number of alkyl halides is 3. The van der Waals surface area contributed by atoms with Gasteiger partial charge in [0.15, 0.2) is 11.6 Å². The first-order valence-electron chi connectivity index (χ1n) is 9.31. The van der Waals surface area contributed by atoms with Gasteiger partial charge in [-0.3, -0.25) is 14.5 Å². The maximum absolute atomic E-state index is 14.4. The van der Waals surface area contributed by atoms with Gasteiger partial charge >= 0.3 is 6.18 Å². The second kappa shape index (κ2) is 8.08. The standard InChI is InChI=1S/C20H16ClF4N3O3/c21-14-5-15(22)18(26-6-14)28-8-16(29)27(17(19(28)30)12-9-31-10-12)7-11-1-3-13(4-2-11)20(23,24)25/h1-6,12,17H,7-10H2/t17-/m1/s1. The molecule has 0 aliphatic carbocycles.